The number of ether oxygens (including phenoxy) is 1. The fourth-order valence-corrected chi connectivity index (χ4v) is 3.29. The van der Waals surface area contributed by atoms with E-state index in [2.05, 4.69) is 5.32 Å². The summed E-state index contributed by atoms with van der Waals surface area (Å²) in [5.41, 5.74) is 0.00192. The minimum atomic E-state index is -4.84. The van der Waals surface area contributed by atoms with Crippen LogP contribution in [0.15, 0.2) is 83.8 Å². The van der Waals surface area contributed by atoms with Gasteiger partial charge in [-0.15, -0.1) is 0 Å². The lowest BCUT2D eigenvalue weighted by atomic mass is 10.2. The minimum Gasteiger partial charge on any atom is -0.457 e. The number of para-hydroxylation sites is 2. The van der Waals surface area contributed by atoms with Crippen molar-refractivity contribution in [1.29, 1.82) is 0 Å². The minimum absolute atomic E-state index is 0.211. The number of sulfone groups is 1. The van der Waals surface area contributed by atoms with Gasteiger partial charge in [0.05, 0.1) is 10.6 Å². The molecule has 0 aromatic heterocycles. The first-order valence-electron chi connectivity index (χ1n) is 8.13. The van der Waals surface area contributed by atoms with E-state index >= 15 is 0 Å². The van der Waals surface area contributed by atoms with Crippen LogP contribution < -0.4 is 10.1 Å². The van der Waals surface area contributed by atoms with E-state index in [0.29, 0.717) is 11.5 Å². The first-order valence-corrected chi connectivity index (χ1v) is 9.68. The first kappa shape index (κ1) is 19.5. The summed E-state index contributed by atoms with van der Waals surface area (Å²) in [5, 5.41) is 2.36. The highest BCUT2D eigenvalue weighted by Gasteiger charge is 2.29. The summed E-state index contributed by atoms with van der Waals surface area (Å²) in [6.07, 6.45) is 0. The third-order valence-electron chi connectivity index (χ3n) is 3.77. The van der Waals surface area contributed by atoms with Crippen molar-refractivity contribution < 1.29 is 26.7 Å². The van der Waals surface area contributed by atoms with Crippen LogP contribution in [0, 0.1) is 0 Å². The average Bonchev–Trinajstić information content (AvgIpc) is 2.69. The van der Waals surface area contributed by atoms with Crippen molar-refractivity contribution in [3.05, 3.63) is 84.4 Å². The summed E-state index contributed by atoms with van der Waals surface area (Å²) < 4.78 is 54.9. The second-order valence-electron chi connectivity index (χ2n) is 5.70. The smallest absolute Gasteiger partial charge is 0.341 e. The van der Waals surface area contributed by atoms with Crippen LogP contribution in [0.4, 0.5) is 14.5 Å². The number of halogens is 2. The Morgan fingerprint density at radius 1 is 0.821 bits per heavy atom. The van der Waals surface area contributed by atoms with Gasteiger partial charge >= 0.3 is 5.76 Å². The molecule has 1 N–H and O–H groups in total. The number of carbonyl (C=O) groups excluding carboxylic acids is 1. The number of amides is 1. The number of hydrogen-bond acceptors (Lipinski definition) is 4. The van der Waals surface area contributed by atoms with E-state index in [4.69, 9.17) is 4.74 Å². The molecule has 0 spiro atoms. The molecule has 0 unspecified atom stereocenters. The van der Waals surface area contributed by atoms with Crippen molar-refractivity contribution in [2.45, 2.75) is 10.7 Å². The predicted molar refractivity (Wildman–Crippen MR) is 101 cm³/mol. The van der Waals surface area contributed by atoms with E-state index in [0.717, 1.165) is 6.07 Å². The highest BCUT2D eigenvalue weighted by atomic mass is 32.2. The Morgan fingerprint density at radius 3 is 2.04 bits per heavy atom. The number of carbonyl (C=O) groups is 1. The summed E-state index contributed by atoms with van der Waals surface area (Å²) in [6.45, 7) is 0. The van der Waals surface area contributed by atoms with Crippen LogP contribution in [0.2, 0.25) is 0 Å². The number of benzene rings is 3. The van der Waals surface area contributed by atoms with Gasteiger partial charge in [0.1, 0.15) is 11.5 Å². The standard InChI is InChI=1S/C20H15F2NO4S/c21-20(22)28(25,26)18-9-5-4-8-17(18)23-19(24)14-10-12-16(13-11-14)27-15-6-2-1-3-7-15/h1-13,20H,(H,23,24). The van der Waals surface area contributed by atoms with Gasteiger partial charge in [-0.05, 0) is 48.5 Å². The van der Waals surface area contributed by atoms with Crippen LogP contribution in [-0.2, 0) is 9.84 Å². The van der Waals surface area contributed by atoms with Crippen LogP contribution in [0.5, 0.6) is 11.5 Å². The Morgan fingerprint density at radius 2 is 1.39 bits per heavy atom. The van der Waals surface area contributed by atoms with Crippen LogP contribution in [0.25, 0.3) is 0 Å². The molecule has 1 amide bonds. The number of alkyl halides is 2. The molecule has 0 radical (unpaired) electrons. The molecule has 3 aromatic carbocycles. The van der Waals surface area contributed by atoms with Crippen molar-refractivity contribution in [2.24, 2.45) is 0 Å². The van der Waals surface area contributed by atoms with Gasteiger partial charge in [-0.3, -0.25) is 4.79 Å². The van der Waals surface area contributed by atoms with E-state index in [1.807, 2.05) is 18.2 Å². The van der Waals surface area contributed by atoms with Crippen molar-refractivity contribution in [3.63, 3.8) is 0 Å². The van der Waals surface area contributed by atoms with Crippen LogP contribution in [0.1, 0.15) is 10.4 Å². The normalized spacial score (nSPS) is 11.2. The molecule has 0 aliphatic rings. The van der Waals surface area contributed by atoms with E-state index in [1.165, 1.54) is 30.3 Å². The highest BCUT2D eigenvalue weighted by Crippen LogP contribution is 2.27. The number of hydrogen-bond donors (Lipinski definition) is 1. The lowest BCUT2D eigenvalue weighted by Gasteiger charge is -2.11. The molecule has 3 aromatic rings. The van der Waals surface area contributed by atoms with Gasteiger partial charge in [-0.2, -0.15) is 8.78 Å². The van der Waals surface area contributed by atoms with E-state index < -0.39 is 26.4 Å². The molecule has 0 saturated heterocycles. The molecule has 0 atom stereocenters. The van der Waals surface area contributed by atoms with E-state index in [-0.39, 0.29) is 11.3 Å². The van der Waals surface area contributed by atoms with Gasteiger partial charge in [0.15, 0.2) is 0 Å². The summed E-state index contributed by atoms with van der Waals surface area (Å²) in [5.74, 6) is -3.09. The zero-order valence-electron chi connectivity index (χ0n) is 14.4. The SMILES string of the molecule is O=C(Nc1ccccc1S(=O)(=O)C(F)F)c1ccc(Oc2ccccc2)cc1. The van der Waals surface area contributed by atoms with Gasteiger partial charge < -0.3 is 10.1 Å². The largest absolute Gasteiger partial charge is 0.457 e. The molecule has 8 heteroatoms. The Labute approximate surface area is 160 Å². The molecule has 0 heterocycles. The van der Waals surface area contributed by atoms with Crippen molar-refractivity contribution in [1.82, 2.24) is 0 Å². The summed E-state index contributed by atoms with van der Waals surface area (Å²) in [7, 11) is -4.84. The maximum Gasteiger partial charge on any atom is 0.341 e. The fraction of sp³-hybridized carbons (Fsp3) is 0.0500. The van der Waals surface area contributed by atoms with Gasteiger partial charge in [0.2, 0.25) is 9.84 Å². The second kappa shape index (κ2) is 8.18. The van der Waals surface area contributed by atoms with Gasteiger partial charge in [-0.1, -0.05) is 30.3 Å². The Balaban J connectivity index is 1.77. The first-order chi connectivity index (χ1) is 13.4. The third-order valence-corrected chi connectivity index (χ3v) is 5.21. The highest BCUT2D eigenvalue weighted by molar-refractivity contribution is 7.91. The molecule has 0 saturated carbocycles. The molecule has 0 aliphatic carbocycles. The third kappa shape index (κ3) is 4.34. The van der Waals surface area contributed by atoms with Crippen LogP contribution in [-0.4, -0.2) is 20.1 Å². The van der Waals surface area contributed by atoms with Crippen molar-refractivity contribution >= 4 is 21.4 Å². The number of anilines is 1. The Hall–Kier alpha value is -3.26. The fourth-order valence-electron chi connectivity index (χ4n) is 2.41. The summed E-state index contributed by atoms with van der Waals surface area (Å²) in [4.78, 5) is 11.8. The molecule has 0 fully saturated rings. The molecular formula is C20H15F2NO4S. The molecule has 3 rings (SSSR count). The van der Waals surface area contributed by atoms with Crippen molar-refractivity contribution in [3.8, 4) is 11.5 Å². The molecule has 144 valence electrons. The van der Waals surface area contributed by atoms with Gasteiger partial charge in [0.25, 0.3) is 5.91 Å². The van der Waals surface area contributed by atoms with E-state index in [9.17, 15) is 22.0 Å². The van der Waals surface area contributed by atoms with Gasteiger partial charge in [0, 0.05) is 5.56 Å². The van der Waals surface area contributed by atoms with Gasteiger partial charge in [-0.25, -0.2) is 8.42 Å². The van der Waals surface area contributed by atoms with Crippen LogP contribution >= 0.6 is 0 Å². The molecule has 5 nitrogen and oxygen atoms in total. The maximum atomic E-state index is 12.8. The molecular weight excluding hydrogens is 388 g/mol. The molecule has 0 aliphatic heterocycles. The topological polar surface area (TPSA) is 72.5 Å². The average molecular weight is 403 g/mol. The monoisotopic (exact) mass is 403 g/mol. The quantitative estimate of drug-likeness (QED) is 0.646. The summed E-state index contributed by atoms with van der Waals surface area (Å²) in [6, 6.07) is 20.2. The maximum absolute atomic E-state index is 12.8. The predicted octanol–water partition coefficient (Wildman–Crippen LogP) is 4.73. The summed E-state index contributed by atoms with van der Waals surface area (Å²) >= 11 is 0. The van der Waals surface area contributed by atoms with Crippen molar-refractivity contribution in [2.75, 3.05) is 5.32 Å². The number of rotatable bonds is 6. The lowest BCUT2D eigenvalue weighted by molar-refractivity contribution is 0.102. The van der Waals surface area contributed by atoms with E-state index in [1.54, 1.807) is 24.3 Å². The Kier molecular flexibility index (Phi) is 5.70. The zero-order chi connectivity index (χ0) is 20.1. The Bertz CT molecular complexity index is 1070. The van der Waals surface area contributed by atoms with Crippen LogP contribution in [0.3, 0.4) is 0 Å². The number of nitrogens with one attached hydrogen (secondary N) is 1. The molecule has 28 heavy (non-hydrogen) atoms. The second-order valence-corrected chi connectivity index (χ2v) is 7.58. The molecule has 0 bridgehead atoms. The lowest BCUT2D eigenvalue weighted by Crippen LogP contribution is -2.17. The zero-order valence-corrected chi connectivity index (χ0v) is 15.2.